The number of ether oxygens (including phenoxy) is 1. The van der Waals surface area contributed by atoms with Gasteiger partial charge in [0, 0.05) is 19.6 Å². The van der Waals surface area contributed by atoms with E-state index in [9.17, 15) is 8.42 Å². The largest absolute Gasteiger partial charge is 0.492 e. The number of nitrogens with two attached hydrogens (primary N) is 1. The molecule has 1 saturated heterocycles. The minimum Gasteiger partial charge on any atom is -0.492 e. The van der Waals surface area contributed by atoms with Gasteiger partial charge in [0.2, 0.25) is 0 Å². The predicted octanol–water partition coefficient (Wildman–Crippen LogP) is 0.645. The van der Waals surface area contributed by atoms with Crippen LogP contribution in [0.1, 0.15) is 12.0 Å². The number of sulfone groups is 1. The molecule has 0 spiro atoms. The maximum Gasteiger partial charge on any atom is 0.151 e. The van der Waals surface area contributed by atoms with Gasteiger partial charge in [-0.3, -0.25) is 4.90 Å². The van der Waals surface area contributed by atoms with Crippen LogP contribution in [0.4, 0.5) is 0 Å². The lowest BCUT2D eigenvalue weighted by Crippen LogP contribution is -2.31. The number of hydrogen-bond acceptors (Lipinski definition) is 5. The van der Waals surface area contributed by atoms with Crippen molar-refractivity contribution < 1.29 is 13.2 Å². The summed E-state index contributed by atoms with van der Waals surface area (Å²) in [5, 5.41) is 0. The molecule has 1 fully saturated rings. The molecular weight excluding hydrogens is 276 g/mol. The van der Waals surface area contributed by atoms with Crippen molar-refractivity contribution in [2.24, 2.45) is 5.73 Å². The van der Waals surface area contributed by atoms with Crippen LogP contribution in [0.2, 0.25) is 0 Å². The summed E-state index contributed by atoms with van der Waals surface area (Å²) in [6.07, 6.45) is 0.713. The van der Waals surface area contributed by atoms with E-state index in [1.807, 2.05) is 24.3 Å². The van der Waals surface area contributed by atoms with E-state index < -0.39 is 9.84 Å². The van der Waals surface area contributed by atoms with Crippen molar-refractivity contribution in [3.8, 4) is 5.75 Å². The Bertz CT molecular complexity index is 531. The smallest absolute Gasteiger partial charge is 0.151 e. The summed E-state index contributed by atoms with van der Waals surface area (Å²) in [7, 11) is -2.83. The molecule has 112 valence electrons. The molecule has 2 rings (SSSR count). The van der Waals surface area contributed by atoms with Crippen LogP contribution in [0.25, 0.3) is 0 Å². The molecule has 1 aromatic carbocycles. The molecule has 0 unspecified atom stereocenters. The molecule has 0 bridgehead atoms. The molecule has 5 nitrogen and oxygen atoms in total. The SMILES string of the molecule is NCc1cccc(OCCN2CCCS(=O)(=O)CC2)c1. The van der Waals surface area contributed by atoms with Gasteiger partial charge in [0.05, 0.1) is 11.5 Å². The summed E-state index contributed by atoms with van der Waals surface area (Å²) in [5.74, 6) is 1.38. The molecule has 0 atom stereocenters. The highest BCUT2D eigenvalue weighted by Gasteiger charge is 2.18. The van der Waals surface area contributed by atoms with E-state index in [4.69, 9.17) is 10.5 Å². The van der Waals surface area contributed by atoms with Crippen molar-refractivity contribution in [3.63, 3.8) is 0 Å². The molecule has 20 heavy (non-hydrogen) atoms. The normalized spacial score (nSPS) is 19.4. The Labute approximate surface area is 120 Å². The molecular formula is C14H22N2O3S. The number of benzene rings is 1. The molecule has 0 aliphatic carbocycles. The van der Waals surface area contributed by atoms with Crippen LogP contribution < -0.4 is 10.5 Å². The van der Waals surface area contributed by atoms with Crippen LogP contribution in [0.3, 0.4) is 0 Å². The molecule has 6 heteroatoms. The molecule has 0 radical (unpaired) electrons. The third-order valence-electron chi connectivity index (χ3n) is 3.46. The first-order chi connectivity index (χ1) is 9.59. The van der Waals surface area contributed by atoms with Crippen molar-refractivity contribution in [1.82, 2.24) is 4.90 Å². The molecule has 0 aromatic heterocycles. The van der Waals surface area contributed by atoms with E-state index in [2.05, 4.69) is 4.90 Å². The molecule has 1 aliphatic heterocycles. The van der Waals surface area contributed by atoms with E-state index >= 15 is 0 Å². The highest BCUT2D eigenvalue weighted by molar-refractivity contribution is 7.91. The Hall–Kier alpha value is -1.11. The average molecular weight is 298 g/mol. The van der Waals surface area contributed by atoms with E-state index in [-0.39, 0.29) is 5.75 Å². The van der Waals surface area contributed by atoms with Gasteiger partial charge < -0.3 is 10.5 Å². The van der Waals surface area contributed by atoms with Gasteiger partial charge in [-0.25, -0.2) is 8.42 Å². The van der Waals surface area contributed by atoms with Gasteiger partial charge in [0.15, 0.2) is 9.84 Å². The minimum absolute atomic E-state index is 0.260. The van der Waals surface area contributed by atoms with Crippen LogP contribution >= 0.6 is 0 Å². The topological polar surface area (TPSA) is 72.6 Å². The fourth-order valence-electron chi connectivity index (χ4n) is 2.27. The van der Waals surface area contributed by atoms with Crippen molar-refractivity contribution in [2.45, 2.75) is 13.0 Å². The average Bonchev–Trinajstić information content (AvgIpc) is 2.60. The zero-order valence-electron chi connectivity index (χ0n) is 11.6. The molecule has 1 aromatic rings. The van der Waals surface area contributed by atoms with Gasteiger partial charge in [-0.1, -0.05) is 12.1 Å². The summed E-state index contributed by atoms with van der Waals surface area (Å²) < 4.78 is 28.7. The maximum atomic E-state index is 11.5. The zero-order chi connectivity index (χ0) is 14.4. The van der Waals surface area contributed by atoms with Crippen molar-refractivity contribution in [3.05, 3.63) is 29.8 Å². The quantitative estimate of drug-likeness (QED) is 0.864. The predicted molar refractivity (Wildman–Crippen MR) is 79.5 cm³/mol. The van der Waals surface area contributed by atoms with Crippen LogP contribution in [0, 0.1) is 0 Å². The van der Waals surface area contributed by atoms with Gasteiger partial charge in [-0.15, -0.1) is 0 Å². The van der Waals surface area contributed by atoms with E-state index in [0.717, 1.165) is 24.4 Å². The first-order valence-corrected chi connectivity index (χ1v) is 8.76. The summed E-state index contributed by atoms with van der Waals surface area (Å²) in [5.41, 5.74) is 6.63. The minimum atomic E-state index is -2.83. The van der Waals surface area contributed by atoms with Crippen LogP contribution in [0.15, 0.2) is 24.3 Å². The van der Waals surface area contributed by atoms with E-state index in [1.54, 1.807) is 0 Å². The Morgan fingerprint density at radius 3 is 2.90 bits per heavy atom. The highest BCUT2D eigenvalue weighted by atomic mass is 32.2. The third kappa shape index (κ3) is 4.77. The Morgan fingerprint density at radius 2 is 2.10 bits per heavy atom. The second-order valence-corrected chi connectivity index (χ2v) is 7.35. The number of hydrogen-bond donors (Lipinski definition) is 1. The third-order valence-corrected chi connectivity index (χ3v) is 5.17. The Balaban J connectivity index is 1.78. The Kier molecular flexibility index (Phi) is 5.39. The van der Waals surface area contributed by atoms with Crippen molar-refractivity contribution in [2.75, 3.05) is 37.7 Å². The summed E-state index contributed by atoms with van der Waals surface area (Å²) >= 11 is 0. The van der Waals surface area contributed by atoms with Crippen molar-refractivity contribution in [1.29, 1.82) is 0 Å². The number of nitrogens with zero attached hydrogens (tertiary/aromatic N) is 1. The molecule has 0 saturated carbocycles. The first kappa shape index (κ1) is 15.3. The molecule has 0 amide bonds. The highest BCUT2D eigenvalue weighted by Crippen LogP contribution is 2.13. The molecule has 2 N–H and O–H groups in total. The lowest BCUT2D eigenvalue weighted by molar-refractivity contribution is 0.219. The fraction of sp³-hybridized carbons (Fsp3) is 0.571. The standard InChI is InChI=1S/C14H22N2O3S/c15-12-13-3-1-4-14(11-13)19-8-6-16-5-2-9-20(17,18)10-7-16/h1,3-4,11H,2,5-10,12,15H2. The first-order valence-electron chi connectivity index (χ1n) is 6.94. The summed E-state index contributed by atoms with van der Waals surface area (Å²) in [6.45, 7) is 3.25. The van der Waals surface area contributed by atoms with Gasteiger partial charge in [-0.05, 0) is 30.7 Å². The van der Waals surface area contributed by atoms with Crippen molar-refractivity contribution >= 4 is 9.84 Å². The zero-order valence-corrected chi connectivity index (χ0v) is 12.4. The number of rotatable bonds is 5. The second kappa shape index (κ2) is 7.06. The molecule has 1 heterocycles. The monoisotopic (exact) mass is 298 g/mol. The van der Waals surface area contributed by atoms with Gasteiger partial charge in [-0.2, -0.15) is 0 Å². The van der Waals surface area contributed by atoms with Crippen LogP contribution in [-0.2, 0) is 16.4 Å². The fourth-order valence-corrected chi connectivity index (χ4v) is 3.58. The second-order valence-electron chi connectivity index (χ2n) is 5.05. The Morgan fingerprint density at radius 1 is 1.25 bits per heavy atom. The van der Waals surface area contributed by atoms with E-state index in [0.29, 0.717) is 31.9 Å². The van der Waals surface area contributed by atoms with Crippen LogP contribution in [-0.4, -0.2) is 51.1 Å². The van der Waals surface area contributed by atoms with Gasteiger partial charge in [0.25, 0.3) is 0 Å². The summed E-state index contributed by atoms with van der Waals surface area (Å²) in [6, 6.07) is 7.74. The lowest BCUT2D eigenvalue weighted by atomic mass is 10.2. The maximum absolute atomic E-state index is 11.5. The van der Waals surface area contributed by atoms with Gasteiger partial charge >= 0.3 is 0 Å². The molecule has 1 aliphatic rings. The lowest BCUT2D eigenvalue weighted by Gasteiger charge is -2.19. The van der Waals surface area contributed by atoms with Gasteiger partial charge in [0.1, 0.15) is 12.4 Å². The summed E-state index contributed by atoms with van der Waals surface area (Å²) in [4.78, 5) is 2.15. The van der Waals surface area contributed by atoms with E-state index in [1.165, 1.54) is 0 Å². The van der Waals surface area contributed by atoms with Crippen LogP contribution in [0.5, 0.6) is 5.75 Å².